The molecule has 0 atom stereocenters. The van der Waals surface area contributed by atoms with E-state index in [-0.39, 0.29) is 6.79 Å². The van der Waals surface area contributed by atoms with Gasteiger partial charge in [0.1, 0.15) is 5.76 Å². The fourth-order valence-electron chi connectivity index (χ4n) is 2.76. The van der Waals surface area contributed by atoms with E-state index in [9.17, 15) is 0 Å². The highest BCUT2D eigenvalue weighted by atomic mass is 35.5. The molecule has 2 aromatic heterocycles. The molecule has 1 aliphatic rings. The average molecular weight is 390 g/mol. The molecule has 1 aliphatic heterocycles. The fraction of sp³-hybridized carbons (Fsp3) is 0.222. The third-order valence-electron chi connectivity index (χ3n) is 3.98. The van der Waals surface area contributed by atoms with Crippen molar-refractivity contribution in [1.29, 1.82) is 0 Å². The molecule has 26 heavy (non-hydrogen) atoms. The van der Waals surface area contributed by atoms with Crippen molar-refractivity contribution in [2.75, 3.05) is 6.79 Å². The summed E-state index contributed by atoms with van der Waals surface area (Å²) in [6.45, 7) is 6.55. The number of thioether (sulfide) groups is 1. The number of benzene rings is 1. The zero-order chi connectivity index (χ0) is 18.1. The second-order valence-corrected chi connectivity index (χ2v) is 7.05. The molecule has 134 valence electrons. The molecule has 0 bridgehead atoms. The number of fused-ring (bicyclic) bond motifs is 1. The van der Waals surface area contributed by atoms with Crippen LogP contribution in [0.1, 0.15) is 11.3 Å². The van der Waals surface area contributed by atoms with E-state index < -0.39 is 0 Å². The molecule has 6 nitrogen and oxygen atoms in total. The third kappa shape index (κ3) is 3.08. The maximum absolute atomic E-state index is 6.26. The number of ether oxygens (including phenoxy) is 2. The Morgan fingerprint density at radius 3 is 3.00 bits per heavy atom. The highest BCUT2D eigenvalue weighted by Crippen LogP contribution is 2.41. The number of allylic oxidation sites excluding steroid dienone is 1. The van der Waals surface area contributed by atoms with Gasteiger partial charge in [-0.05, 0) is 30.7 Å². The number of furan rings is 1. The molecule has 1 aromatic carbocycles. The van der Waals surface area contributed by atoms with Gasteiger partial charge in [-0.15, -0.1) is 16.8 Å². The lowest BCUT2D eigenvalue weighted by Crippen LogP contribution is -2.00. The van der Waals surface area contributed by atoms with E-state index in [0.717, 1.165) is 27.9 Å². The van der Waals surface area contributed by atoms with Crippen LogP contribution >= 0.6 is 23.4 Å². The highest BCUT2D eigenvalue weighted by Gasteiger charge is 2.20. The molecule has 0 radical (unpaired) electrons. The zero-order valence-corrected chi connectivity index (χ0v) is 15.6. The smallest absolute Gasteiger partial charge is 0.231 e. The summed E-state index contributed by atoms with van der Waals surface area (Å²) in [7, 11) is 0. The second-order valence-electron chi connectivity index (χ2n) is 5.70. The normalized spacial score (nSPS) is 12.5. The minimum atomic E-state index is 0.201. The van der Waals surface area contributed by atoms with E-state index in [2.05, 4.69) is 16.8 Å². The number of halogens is 1. The number of rotatable bonds is 6. The first kappa shape index (κ1) is 17.1. The summed E-state index contributed by atoms with van der Waals surface area (Å²) in [5.41, 5.74) is 1.95. The Hall–Kier alpha value is -2.38. The number of hydrogen-bond donors (Lipinski definition) is 0. The minimum Gasteiger partial charge on any atom is -0.469 e. The molecule has 0 saturated heterocycles. The van der Waals surface area contributed by atoms with Gasteiger partial charge >= 0.3 is 0 Å². The molecule has 4 rings (SSSR count). The van der Waals surface area contributed by atoms with Crippen molar-refractivity contribution in [3.8, 4) is 22.9 Å². The third-order valence-corrected chi connectivity index (χ3v) is 5.30. The zero-order valence-electron chi connectivity index (χ0n) is 14.1. The quantitative estimate of drug-likeness (QED) is 0.449. The lowest BCUT2D eigenvalue weighted by molar-refractivity contribution is 0.174. The number of aryl methyl sites for hydroxylation is 1. The van der Waals surface area contributed by atoms with Gasteiger partial charge in [-0.2, -0.15) is 0 Å². The van der Waals surface area contributed by atoms with E-state index in [1.54, 1.807) is 18.0 Å². The Morgan fingerprint density at radius 1 is 1.35 bits per heavy atom. The Morgan fingerprint density at radius 2 is 2.23 bits per heavy atom. The van der Waals surface area contributed by atoms with Crippen LogP contribution in [0.15, 0.2) is 46.7 Å². The summed E-state index contributed by atoms with van der Waals surface area (Å²) in [6, 6.07) is 5.72. The van der Waals surface area contributed by atoms with Crippen molar-refractivity contribution >= 4 is 23.4 Å². The van der Waals surface area contributed by atoms with Crippen LogP contribution in [-0.2, 0) is 12.3 Å². The Balaban J connectivity index is 1.59. The maximum Gasteiger partial charge on any atom is 0.231 e. The lowest BCUT2D eigenvalue weighted by Gasteiger charge is -2.08. The molecule has 0 spiro atoms. The monoisotopic (exact) mass is 389 g/mol. The summed E-state index contributed by atoms with van der Waals surface area (Å²) in [6.07, 6.45) is 3.48. The topological polar surface area (TPSA) is 62.3 Å². The molecule has 0 amide bonds. The molecule has 0 fully saturated rings. The summed E-state index contributed by atoms with van der Waals surface area (Å²) in [5.74, 6) is 3.53. The Kier molecular flexibility index (Phi) is 4.65. The van der Waals surface area contributed by atoms with Gasteiger partial charge in [0.2, 0.25) is 6.79 Å². The van der Waals surface area contributed by atoms with Gasteiger partial charge in [0.25, 0.3) is 0 Å². The van der Waals surface area contributed by atoms with Gasteiger partial charge in [0, 0.05) is 12.3 Å². The van der Waals surface area contributed by atoms with Gasteiger partial charge in [0.15, 0.2) is 22.5 Å². The van der Waals surface area contributed by atoms with Gasteiger partial charge in [0.05, 0.1) is 16.8 Å². The van der Waals surface area contributed by atoms with Crippen LogP contribution in [0.5, 0.6) is 11.5 Å². The van der Waals surface area contributed by atoms with Crippen LogP contribution in [0.25, 0.3) is 11.4 Å². The van der Waals surface area contributed by atoms with Gasteiger partial charge in [-0.25, -0.2) is 0 Å². The largest absolute Gasteiger partial charge is 0.469 e. The van der Waals surface area contributed by atoms with Gasteiger partial charge in [-0.1, -0.05) is 29.4 Å². The lowest BCUT2D eigenvalue weighted by atomic mass is 10.2. The second kappa shape index (κ2) is 7.09. The molecule has 0 unspecified atom stereocenters. The van der Waals surface area contributed by atoms with E-state index in [4.69, 9.17) is 25.5 Å². The van der Waals surface area contributed by atoms with Gasteiger partial charge in [-0.3, -0.25) is 4.57 Å². The first-order valence-electron chi connectivity index (χ1n) is 7.96. The van der Waals surface area contributed by atoms with Crippen LogP contribution in [0.4, 0.5) is 0 Å². The minimum absolute atomic E-state index is 0.201. The van der Waals surface area contributed by atoms with Crippen LogP contribution in [0.2, 0.25) is 5.02 Å². The summed E-state index contributed by atoms with van der Waals surface area (Å²) in [5, 5.41) is 10.0. The fourth-order valence-corrected chi connectivity index (χ4v) is 3.92. The predicted octanol–water partition coefficient (Wildman–Crippen LogP) is 4.71. The van der Waals surface area contributed by atoms with Crippen LogP contribution < -0.4 is 9.47 Å². The first-order valence-corrected chi connectivity index (χ1v) is 9.33. The molecule has 0 N–H and O–H groups in total. The number of nitrogens with zero attached hydrogens (tertiary/aromatic N) is 3. The first-order chi connectivity index (χ1) is 12.7. The average Bonchev–Trinajstić information content (AvgIpc) is 3.33. The van der Waals surface area contributed by atoms with Crippen LogP contribution in [-0.4, -0.2) is 21.6 Å². The molecule has 8 heteroatoms. The number of hydrogen-bond acceptors (Lipinski definition) is 6. The van der Waals surface area contributed by atoms with Crippen LogP contribution in [0, 0.1) is 6.92 Å². The van der Waals surface area contributed by atoms with Crippen LogP contribution in [0.3, 0.4) is 0 Å². The Bertz CT molecular complexity index is 967. The summed E-state index contributed by atoms with van der Waals surface area (Å²) < 4.78 is 18.2. The van der Waals surface area contributed by atoms with E-state index in [0.29, 0.717) is 28.8 Å². The predicted molar refractivity (Wildman–Crippen MR) is 99.8 cm³/mol. The number of aromatic nitrogens is 3. The standard InChI is InChI=1S/C18H16ClN3O3S/c1-3-5-22-17(13-4-6-23-11(13)2)20-21-18(22)26-9-12-7-14(19)16-15(8-12)24-10-25-16/h3-4,6-8H,1,5,9-10H2,2H3. The summed E-state index contributed by atoms with van der Waals surface area (Å²) in [4.78, 5) is 0. The molecular weight excluding hydrogens is 374 g/mol. The molecule has 0 aliphatic carbocycles. The van der Waals surface area contributed by atoms with E-state index in [1.165, 1.54) is 0 Å². The van der Waals surface area contributed by atoms with Crippen molar-refractivity contribution in [2.24, 2.45) is 0 Å². The maximum atomic E-state index is 6.26. The molecule has 3 heterocycles. The van der Waals surface area contributed by atoms with E-state index >= 15 is 0 Å². The summed E-state index contributed by atoms with van der Waals surface area (Å²) >= 11 is 7.83. The van der Waals surface area contributed by atoms with Crippen molar-refractivity contribution < 1.29 is 13.9 Å². The van der Waals surface area contributed by atoms with Crippen molar-refractivity contribution in [3.63, 3.8) is 0 Å². The van der Waals surface area contributed by atoms with Gasteiger partial charge < -0.3 is 13.9 Å². The van der Waals surface area contributed by atoms with E-state index in [1.807, 2.05) is 35.8 Å². The SMILES string of the molecule is C=CCn1c(SCc2cc(Cl)c3c(c2)OCO3)nnc1-c1ccoc1C. The van der Waals surface area contributed by atoms with Crippen molar-refractivity contribution in [2.45, 2.75) is 24.4 Å². The Labute approximate surface area is 159 Å². The molecule has 3 aromatic rings. The van der Waals surface area contributed by atoms with Crippen molar-refractivity contribution in [3.05, 3.63) is 53.5 Å². The highest BCUT2D eigenvalue weighted by molar-refractivity contribution is 7.98. The molecule has 0 saturated carbocycles. The molecular formula is C18H16ClN3O3S. The van der Waals surface area contributed by atoms with Crippen molar-refractivity contribution in [1.82, 2.24) is 14.8 Å².